The van der Waals surface area contributed by atoms with Crippen LogP contribution in [0.4, 0.5) is 0 Å². The van der Waals surface area contributed by atoms with Crippen LogP contribution in [-0.2, 0) is 4.79 Å². The first-order valence-electron chi connectivity index (χ1n) is 5.95. The van der Waals surface area contributed by atoms with E-state index in [4.69, 9.17) is 12.2 Å². The molecule has 0 atom stereocenters. The second kappa shape index (κ2) is 7.98. The van der Waals surface area contributed by atoms with Crippen molar-refractivity contribution in [3.05, 3.63) is 0 Å². The number of ketones is 1. The van der Waals surface area contributed by atoms with Gasteiger partial charge in [0, 0.05) is 17.7 Å². The van der Waals surface area contributed by atoms with Crippen LogP contribution in [0.1, 0.15) is 59.8 Å². The van der Waals surface area contributed by atoms with E-state index in [2.05, 4.69) is 27.7 Å². The average molecular weight is 228 g/mol. The Balaban J connectivity index is 3.60. The molecule has 0 aliphatic heterocycles. The lowest BCUT2D eigenvalue weighted by molar-refractivity contribution is -0.118. The summed E-state index contributed by atoms with van der Waals surface area (Å²) in [5, 5.41) is 0. The highest BCUT2D eigenvalue weighted by Crippen LogP contribution is 2.10. The van der Waals surface area contributed by atoms with Crippen LogP contribution in [0.15, 0.2) is 0 Å². The van der Waals surface area contributed by atoms with Crippen molar-refractivity contribution in [3.8, 4) is 0 Å². The van der Waals surface area contributed by atoms with Crippen LogP contribution in [0.5, 0.6) is 0 Å². The quantitative estimate of drug-likeness (QED) is 0.579. The summed E-state index contributed by atoms with van der Waals surface area (Å²) < 4.78 is 0. The zero-order chi connectivity index (χ0) is 11.8. The molecule has 0 aromatic carbocycles. The Bertz CT molecular complexity index is 207. The summed E-state index contributed by atoms with van der Waals surface area (Å²) in [6.45, 7) is 8.65. The topological polar surface area (TPSA) is 17.1 Å². The first kappa shape index (κ1) is 14.8. The minimum absolute atomic E-state index is 0.321. The molecule has 0 saturated heterocycles. The molecule has 0 rings (SSSR count). The molecule has 0 radical (unpaired) electrons. The minimum atomic E-state index is 0.321. The molecule has 0 heterocycles. The molecular weight excluding hydrogens is 204 g/mol. The van der Waals surface area contributed by atoms with Crippen molar-refractivity contribution in [2.75, 3.05) is 0 Å². The molecule has 2 heteroatoms. The zero-order valence-corrected chi connectivity index (χ0v) is 11.3. The molecule has 0 bridgehead atoms. The summed E-state index contributed by atoms with van der Waals surface area (Å²) in [4.78, 5) is 12.5. The van der Waals surface area contributed by atoms with E-state index in [9.17, 15) is 4.79 Å². The van der Waals surface area contributed by atoms with Crippen LogP contribution >= 0.6 is 12.2 Å². The Labute approximate surface area is 99.6 Å². The predicted octanol–water partition coefficient (Wildman–Crippen LogP) is 4.19. The third-order valence-corrected chi connectivity index (χ3v) is 2.58. The molecule has 1 nitrogen and oxygen atoms in total. The number of thiocarbonyl (C=S) groups is 1. The predicted molar refractivity (Wildman–Crippen MR) is 70.4 cm³/mol. The Hall–Kier alpha value is -0.240. The highest BCUT2D eigenvalue weighted by atomic mass is 32.1. The second-order valence-corrected chi connectivity index (χ2v) is 5.72. The summed E-state index contributed by atoms with van der Waals surface area (Å²) >= 11 is 5.19. The van der Waals surface area contributed by atoms with Crippen LogP contribution in [0.25, 0.3) is 0 Å². The summed E-state index contributed by atoms with van der Waals surface area (Å²) in [7, 11) is 0. The third kappa shape index (κ3) is 10.1. The van der Waals surface area contributed by atoms with Crippen molar-refractivity contribution in [1.29, 1.82) is 0 Å². The maximum absolute atomic E-state index is 11.5. The van der Waals surface area contributed by atoms with Gasteiger partial charge in [-0.15, -0.1) is 0 Å². The second-order valence-electron chi connectivity index (χ2n) is 5.14. The van der Waals surface area contributed by atoms with Gasteiger partial charge < -0.3 is 0 Å². The van der Waals surface area contributed by atoms with E-state index >= 15 is 0 Å². The number of hydrogen-bond donors (Lipinski definition) is 0. The molecule has 15 heavy (non-hydrogen) atoms. The smallest absolute Gasteiger partial charge is 0.137 e. The van der Waals surface area contributed by atoms with Crippen LogP contribution < -0.4 is 0 Å². The van der Waals surface area contributed by atoms with Gasteiger partial charge in [-0.1, -0.05) is 46.3 Å². The van der Waals surface area contributed by atoms with Crippen molar-refractivity contribution in [3.63, 3.8) is 0 Å². The Morgan fingerprint density at radius 2 is 1.73 bits per heavy atom. The molecule has 0 fully saturated rings. The Morgan fingerprint density at radius 3 is 2.20 bits per heavy atom. The fourth-order valence-electron chi connectivity index (χ4n) is 1.54. The van der Waals surface area contributed by atoms with Crippen molar-refractivity contribution < 1.29 is 4.79 Å². The SMILES string of the molecule is CC(C)CCCC(=O)CC(=S)CC(C)C. The van der Waals surface area contributed by atoms with Crippen LogP contribution in [-0.4, -0.2) is 10.6 Å². The lowest BCUT2D eigenvalue weighted by atomic mass is 10.0. The minimum Gasteiger partial charge on any atom is -0.299 e. The maximum atomic E-state index is 11.5. The molecule has 0 aromatic rings. The van der Waals surface area contributed by atoms with E-state index < -0.39 is 0 Å². The number of carbonyl (C=O) groups excluding carboxylic acids is 1. The lowest BCUT2D eigenvalue weighted by Crippen LogP contribution is -2.08. The molecule has 0 aromatic heterocycles. The molecule has 0 unspecified atom stereocenters. The van der Waals surface area contributed by atoms with Gasteiger partial charge in [-0.25, -0.2) is 0 Å². The van der Waals surface area contributed by atoms with Gasteiger partial charge in [0.05, 0.1) is 0 Å². The van der Waals surface area contributed by atoms with Crippen molar-refractivity contribution >= 4 is 22.9 Å². The molecule has 0 amide bonds. The molecule has 88 valence electrons. The van der Waals surface area contributed by atoms with E-state index in [0.717, 1.165) is 24.1 Å². The van der Waals surface area contributed by atoms with E-state index in [-0.39, 0.29) is 0 Å². The van der Waals surface area contributed by atoms with Gasteiger partial charge in [0.25, 0.3) is 0 Å². The first-order valence-corrected chi connectivity index (χ1v) is 6.36. The number of rotatable bonds is 8. The van der Waals surface area contributed by atoms with Gasteiger partial charge in [0.1, 0.15) is 5.78 Å². The van der Waals surface area contributed by atoms with Crippen molar-refractivity contribution in [2.24, 2.45) is 11.8 Å². The van der Waals surface area contributed by atoms with Crippen LogP contribution in [0, 0.1) is 11.8 Å². The van der Waals surface area contributed by atoms with Crippen LogP contribution in [0.2, 0.25) is 0 Å². The van der Waals surface area contributed by atoms with Gasteiger partial charge in [0.2, 0.25) is 0 Å². The van der Waals surface area contributed by atoms with Crippen molar-refractivity contribution in [1.82, 2.24) is 0 Å². The third-order valence-electron chi connectivity index (χ3n) is 2.27. The summed E-state index contributed by atoms with van der Waals surface area (Å²) in [5.74, 6) is 1.59. The van der Waals surface area contributed by atoms with E-state index in [1.54, 1.807) is 0 Å². The Kier molecular flexibility index (Phi) is 7.85. The summed E-state index contributed by atoms with van der Waals surface area (Å²) in [6, 6.07) is 0. The molecule has 0 saturated carbocycles. The number of hydrogen-bond acceptors (Lipinski definition) is 2. The number of Topliss-reactive ketones (excluding diaryl/α,β-unsaturated/α-hetero) is 1. The molecule has 0 aliphatic rings. The number of carbonyl (C=O) groups is 1. The molecule has 0 spiro atoms. The molecule has 0 aliphatic carbocycles. The standard InChI is InChI=1S/C13H24OS/c1-10(2)6-5-7-12(14)9-13(15)8-11(3)4/h10-11H,5-9H2,1-4H3. The monoisotopic (exact) mass is 228 g/mol. The van der Waals surface area contributed by atoms with Gasteiger partial charge >= 0.3 is 0 Å². The van der Waals surface area contributed by atoms with Gasteiger partial charge in [0.15, 0.2) is 0 Å². The van der Waals surface area contributed by atoms with Gasteiger partial charge in [-0.3, -0.25) is 4.79 Å². The highest BCUT2D eigenvalue weighted by Gasteiger charge is 2.08. The average Bonchev–Trinajstić information content (AvgIpc) is 2.00. The fourth-order valence-corrected chi connectivity index (χ4v) is 2.04. The van der Waals surface area contributed by atoms with E-state index in [0.29, 0.717) is 30.5 Å². The molecule has 0 N–H and O–H groups in total. The van der Waals surface area contributed by atoms with E-state index in [1.807, 2.05) is 0 Å². The summed E-state index contributed by atoms with van der Waals surface area (Å²) in [6.07, 6.45) is 4.29. The largest absolute Gasteiger partial charge is 0.299 e. The molecular formula is C13H24OS. The van der Waals surface area contributed by atoms with Gasteiger partial charge in [-0.05, 0) is 24.7 Å². The normalized spacial score (nSPS) is 11.1. The fraction of sp³-hybridized carbons (Fsp3) is 0.846. The zero-order valence-electron chi connectivity index (χ0n) is 10.5. The van der Waals surface area contributed by atoms with Gasteiger partial charge in [-0.2, -0.15) is 0 Å². The van der Waals surface area contributed by atoms with Crippen LogP contribution in [0.3, 0.4) is 0 Å². The lowest BCUT2D eigenvalue weighted by Gasteiger charge is -2.06. The van der Waals surface area contributed by atoms with E-state index in [1.165, 1.54) is 0 Å². The highest BCUT2D eigenvalue weighted by molar-refractivity contribution is 7.80. The van der Waals surface area contributed by atoms with Crippen molar-refractivity contribution in [2.45, 2.75) is 59.8 Å². The maximum Gasteiger partial charge on any atom is 0.137 e. The first-order chi connectivity index (χ1) is 6.91. The summed E-state index contributed by atoms with van der Waals surface area (Å²) in [5.41, 5.74) is 0. The Morgan fingerprint density at radius 1 is 1.13 bits per heavy atom.